The van der Waals surface area contributed by atoms with Gasteiger partial charge < -0.3 is 16.4 Å². The fourth-order valence-electron chi connectivity index (χ4n) is 2.20. The maximum Gasteiger partial charge on any atom is 0.211 e. The molecule has 1 heterocycles. The van der Waals surface area contributed by atoms with Gasteiger partial charge in [0.15, 0.2) is 0 Å². The van der Waals surface area contributed by atoms with E-state index < -0.39 is 0 Å². The van der Waals surface area contributed by atoms with E-state index in [0.717, 1.165) is 44.6 Å². The first-order valence-corrected chi connectivity index (χ1v) is 6.64. The van der Waals surface area contributed by atoms with Gasteiger partial charge in [0.05, 0.1) is 0 Å². The minimum atomic E-state index is 0.0269. The number of guanidine groups is 1. The fourth-order valence-corrected chi connectivity index (χ4v) is 2.20. The van der Waals surface area contributed by atoms with Crippen molar-refractivity contribution >= 4 is 11.7 Å². The zero-order valence-electron chi connectivity index (χ0n) is 11.1. The van der Waals surface area contributed by atoms with Crippen LogP contribution in [-0.2, 0) is 6.42 Å². The average Bonchev–Trinajstić information content (AvgIpc) is 2.45. The summed E-state index contributed by atoms with van der Waals surface area (Å²) in [5, 5.41) is 7.77. The molecule has 1 aliphatic heterocycles. The Hall–Kier alpha value is -1.88. The van der Waals surface area contributed by atoms with E-state index in [1.807, 2.05) is 0 Å². The van der Waals surface area contributed by atoms with Crippen LogP contribution < -0.4 is 11.5 Å². The van der Waals surface area contributed by atoms with E-state index in [1.54, 1.807) is 0 Å². The summed E-state index contributed by atoms with van der Waals surface area (Å²) < 4.78 is 0. The lowest BCUT2D eigenvalue weighted by Gasteiger charge is -2.27. The molecule has 5 heteroatoms. The standard InChI is InChI=1S/C14H21N5/c15-14(16)18-17-13-7-10-19(11-8-13)9-6-12-4-2-1-3-5-12/h1-5H,6-11H2,(H4,15,16,18). The topological polar surface area (TPSA) is 80.0 Å². The summed E-state index contributed by atoms with van der Waals surface area (Å²) in [4.78, 5) is 2.46. The number of rotatable bonds is 4. The van der Waals surface area contributed by atoms with Crippen LogP contribution in [-0.4, -0.2) is 36.2 Å². The van der Waals surface area contributed by atoms with E-state index in [4.69, 9.17) is 11.5 Å². The van der Waals surface area contributed by atoms with E-state index in [2.05, 4.69) is 45.4 Å². The first-order valence-electron chi connectivity index (χ1n) is 6.64. The molecule has 1 saturated heterocycles. The van der Waals surface area contributed by atoms with Gasteiger partial charge in [-0.15, -0.1) is 5.10 Å². The van der Waals surface area contributed by atoms with Crippen molar-refractivity contribution in [1.29, 1.82) is 0 Å². The molecule has 0 spiro atoms. The van der Waals surface area contributed by atoms with Crippen LogP contribution in [0.3, 0.4) is 0 Å². The van der Waals surface area contributed by atoms with Crippen LogP contribution in [0.25, 0.3) is 0 Å². The lowest BCUT2D eigenvalue weighted by molar-refractivity contribution is 0.278. The zero-order valence-corrected chi connectivity index (χ0v) is 11.1. The SMILES string of the molecule is NC(N)=NN=C1CCN(CCc2ccccc2)CC1. The minimum absolute atomic E-state index is 0.0269. The third-order valence-corrected chi connectivity index (χ3v) is 3.30. The predicted molar refractivity (Wildman–Crippen MR) is 79.1 cm³/mol. The predicted octanol–water partition coefficient (Wildman–Crippen LogP) is 0.954. The Morgan fingerprint density at radius 2 is 1.79 bits per heavy atom. The Kier molecular flexibility index (Phi) is 4.92. The van der Waals surface area contributed by atoms with E-state index in [0.29, 0.717) is 0 Å². The van der Waals surface area contributed by atoms with Gasteiger partial charge >= 0.3 is 0 Å². The summed E-state index contributed by atoms with van der Waals surface area (Å²) in [6, 6.07) is 10.6. The molecule has 102 valence electrons. The normalized spacial score (nSPS) is 16.1. The molecule has 1 fully saturated rings. The first-order chi connectivity index (χ1) is 9.24. The number of likely N-dealkylation sites (tertiary alicyclic amines) is 1. The molecular weight excluding hydrogens is 238 g/mol. The largest absolute Gasteiger partial charge is 0.369 e. The second kappa shape index (κ2) is 6.89. The summed E-state index contributed by atoms with van der Waals surface area (Å²) in [6.07, 6.45) is 3.00. The quantitative estimate of drug-likeness (QED) is 0.480. The van der Waals surface area contributed by atoms with Crippen LogP contribution in [0, 0.1) is 0 Å². The van der Waals surface area contributed by atoms with Crippen LogP contribution >= 0.6 is 0 Å². The molecule has 0 aromatic heterocycles. The summed E-state index contributed by atoms with van der Waals surface area (Å²) in [6.45, 7) is 3.16. The fraction of sp³-hybridized carbons (Fsp3) is 0.429. The van der Waals surface area contributed by atoms with Crippen molar-refractivity contribution in [3.8, 4) is 0 Å². The van der Waals surface area contributed by atoms with Gasteiger partial charge in [-0.3, -0.25) is 0 Å². The molecule has 0 aliphatic carbocycles. The molecular formula is C14H21N5. The second-order valence-corrected chi connectivity index (χ2v) is 4.77. The van der Waals surface area contributed by atoms with E-state index in [-0.39, 0.29) is 5.96 Å². The highest BCUT2D eigenvalue weighted by Crippen LogP contribution is 2.09. The van der Waals surface area contributed by atoms with Crippen molar-refractivity contribution in [1.82, 2.24) is 4.90 Å². The maximum absolute atomic E-state index is 5.26. The van der Waals surface area contributed by atoms with E-state index in [9.17, 15) is 0 Å². The van der Waals surface area contributed by atoms with Crippen LogP contribution in [0.1, 0.15) is 18.4 Å². The van der Waals surface area contributed by atoms with Gasteiger partial charge in [0.2, 0.25) is 5.96 Å². The van der Waals surface area contributed by atoms with Crippen molar-refractivity contribution in [2.45, 2.75) is 19.3 Å². The molecule has 0 saturated carbocycles. The highest BCUT2D eigenvalue weighted by molar-refractivity contribution is 5.86. The smallest absolute Gasteiger partial charge is 0.211 e. The molecule has 1 aromatic carbocycles. The maximum atomic E-state index is 5.26. The zero-order chi connectivity index (χ0) is 13.5. The molecule has 1 aliphatic rings. The monoisotopic (exact) mass is 259 g/mol. The van der Waals surface area contributed by atoms with Gasteiger partial charge in [-0.25, -0.2) is 0 Å². The third kappa shape index (κ3) is 4.71. The van der Waals surface area contributed by atoms with E-state index in [1.165, 1.54) is 5.56 Å². The molecule has 0 amide bonds. The van der Waals surface area contributed by atoms with Crippen LogP contribution in [0.15, 0.2) is 40.5 Å². The van der Waals surface area contributed by atoms with Crippen LogP contribution in [0.4, 0.5) is 0 Å². The Morgan fingerprint density at radius 1 is 1.11 bits per heavy atom. The van der Waals surface area contributed by atoms with E-state index >= 15 is 0 Å². The number of hydrogen-bond acceptors (Lipinski definition) is 3. The molecule has 0 atom stereocenters. The van der Waals surface area contributed by atoms with Gasteiger partial charge in [0.1, 0.15) is 0 Å². The van der Waals surface area contributed by atoms with Gasteiger partial charge in [-0.1, -0.05) is 30.3 Å². The van der Waals surface area contributed by atoms with Crippen molar-refractivity contribution < 1.29 is 0 Å². The van der Waals surface area contributed by atoms with Gasteiger partial charge in [0, 0.05) is 38.2 Å². The Balaban J connectivity index is 1.75. The van der Waals surface area contributed by atoms with Gasteiger partial charge in [-0.05, 0) is 12.0 Å². The highest BCUT2D eigenvalue weighted by Gasteiger charge is 2.14. The lowest BCUT2D eigenvalue weighted by Crippen LogP contribution is -2.35. The van der Waals surface area contributed by atoms with Crippen molar-refractivity contribution in [2.24, 2.45) is 21.7 Å². The number of benzene rings is 1. The summed E-state index contributed by atoms with van der Waals surface area (Å²) in [7, 11) is 0. The summed E-state index contributed by atoms with van der Waals surface area (Å²) >= 11 is 0. The molecule has 1 aromatic rings. The second-order valence-electron chi connectivity index (χ2n) is 4.77. The molecule has 4 N–H and O–H groups in total. The molecule has 19 heavy (non-hydrogen) atoms. The number of nitrogens with two attached hydrogens (primary N) is 2. The van der Waals surface area contributed by atoms with Crippen molar-refractivity contribution in [3.05, 3.63) is 35.9 Å². The number of nitrogens with zero attached hydrogens (tertiary/aromatic N) is 3. The molecule has 2 rings (SSSR count). The molecule has 5 nitrogen and oxygen atoms in total. The number of hydrogen-bond donors (Lipinski definition) is 2. The summed E-state index contributed by atoms with van der Waals surface area (Å²) in [5.74, 6) is 0.0269. The van der Waals surface area contributed by atoms with Crippen molar-refractivity contribution in [3.63, 3.8) is 0 Å². The third-order valence-electron chi connectivity index (χ3n) is 3.30. The van der Waals surface area contributed by atoms with Gasteiger partial charge in [-0.2, -0.15) is 5.10 Å². The lowest BCUT2D eigenvalue weighted by atomic mass is 10.1. The first kappa shape index (κ1) is 13.5. The Morgan fingerprint density at radius 3 is 2.42 bits per heavy atom. The minimum Gasteiger partial charge on any atom is -0.369 e. The van der Waals surface area contributed by atoms with Crippen LogP contribution in [0.5, 0.6) is 0 Å². The molecule has 0 radical (unpaired) electrons. The Bertz CT molecular complexity index is 438. The molecule has 0 bridgehead atoms. The highest BCUT2D eigenvalue weighted by atomic mass is 15.3. The summed E-state index contributed by atoms with van der Waals surface area (Å²) in [5.41, 5.74) is 13.0. The molecule has 0 unspecified atom stereocenters. The van der Waals surface area contributed by atoms with Gasteiger partial charge in [0.25, 0.3) is 0 Å². The van der Waals surface area contributed by atoms with Crippen LogP contribution in [0.2, 0.25) is 0 Å². The number of piperidine rings is 1. The Labute approximate surface area is 114 Å². The average molecular weight is 259 g/mol. The van der Waals surface area contributed by atoms with Crippen molar-refractivity contribution in [2.75, 3.05) is 19.6 Å².